The summed E-state index contributed by atoms with van der Waals surface area (Å²) in [7, 11) is 0. The van der Waals surface area contributed by atoms with Crippen LogP contribution >= 0.6 is 11.6 Å². The van der Waals surface area contributed by atoms with Crippen molar-refractivity contribution in [3.05, 3.63) is 28.8 Å². The maximum Gasteiger partial charge on any atom is 0.241 e. The molecular weight excluding hydrogens is 212 g/mol. The molecular formula is C11H11ClN2O. The van der Waals surface area contributed by atoms with Gasteiger partial charge in [0.1, 0.15) is 5.92 Å². The van der Waals surface area contributed by atoms with E-state index in [1.54, 1.807) is 19.1 Å². The second kappa shape index (κ2) is 4.81. The van der Waals surface area contributed by atoms with Crippen molar-refractivity contribution < 1.29 is 4.79 Å². The Morgan fingerprint density at radius 1 is 1.60 bits per heavy atom. The number of nitrogens with zero attached hydrogens (tertiary/aromatic N) is 1. The summed E-state index contributed by atoms with van der Waals surface area (Å²) < 4.78 is 0. The standard InChI is InChI=1S/C11H11ClN2O/c1-7-4-3-5-9(12)10(7)14-11(15)8(2)6-13/h3-5,8H,1-2H3,(H,14,15). The zero-order valence-corrected chi connectivity index (χ0v) is 9.30. The Kier molecular flexibility index (Phi) is 3.70. The molecule has 1 unspecified atom stereocenters. The van der Waals surface area contributed by atoms with Crippen molar-refractivity contribution in [1.29, 1.82) is 5.26 Å². The number of anilines is 1. The van der Waals surface area contributed by atoms with Crippen LogP contribution in [0.3, 0.4) is 0 Å². The second-order valence-corrected chi connectivity index (χ2v) is 3.68. The van der Waals surface area contributed by atoms with Crippen LogP contribution in [-0.2, 0) is 4.79 Å². The lowest BCUT2D eigenvalue weighted by Gasteiger charge is -2.10. The summed E-state index contributed by atoms with van der Waals surface area (Å²) in [6.45, 7) is 3.39. The van der Waals surface area contributed by atoms with Gasteiger partial charge in [-0.05, 0) is 25.5 Å². The van der Waals surface area contributed by atoms with Crippen LogP contribution in [-0.4, -0.2) is 5.91 Å². The first-order valence-electron chi connectivity index (χ1n) is 4.52. The molecule has 15 heavy (non-hydrogen) atoms. The highest BCUT2D eigenvalue weighted by Crippen LogP contribution is 2.25. The lowest BCUT2D eigenvalue weighted by molar-refractivity contribution is -0.117. The van der Waals surface area contributed by atoms with Gasteiger partial charge in [0.05, 0.1) is 16.8 Å². The third kappa shape index (κ3) is 2.71. The van der Waals surface area contributed by atoms with Gasteiger partial charge in [0.2, 0.25) is 5.91 Å². The van der Waals surface area contributed by atoms with Gasteiger partial charge in [-0.1, -0.05) is 23.7 Å². The third-order valence-corrected chi connectivity index (χ3v) is 2.37. The molecule has 1 atom stereocenters. The molecule has 0 fully saturated rings. The SMILES string of the molecule is Cc1cccc(Cl)c1NC(=O)C(C)C#N. The van der Waals surface area contributed by atoms with E-state index < -0.39 is 5.92 Å². The number of halogens is 1. The zero-order valence-electron chi connectivity index (χ0n) is 8.54. The summed E-state index contributed by atoms with van der Waals surface area (Å²) in [6, 6.07) is 7.22. The van der Waals surface area contributed by atoms with Crippen LogP contribution in [0.5, 0.6) is 0 Å². The number of benzene rings is 1. The lowest BCUT2D eigenvalue weighted by atomic mass is 10.1. The third-order valence-electron chi connectivity index (χ3n) is 2.06. The number of aryl methyl sites for hydroxylation is 1. The van der Waals surface area contributed by atoms with Gasteiger partial charge in [-0.2, -0.15) is 5.26 Å². The Hall–Kier alpha value is -1.53. The topological polar surface area (TPSA) is 52.9 Å². The van der Waals surface area contributed by atoms with E-state index in [0.717, 1.165) is 5.56 Å². The van der Waals surface area contributed by atoms with Crippen LogP contribution in [0.2, 0.25) is 5.02 Å². The minimum Gasteiger partial charge on any atom is -0.323 e. The Morgan fingerprint density at radius 2 is 2.27 bits per heavy atom. The van der Waals surface area contributed by atoms with Crippen LogP contribution in [0.4, 0.5) is 5.69 Å². The molecule has 1 aromatic carbocycles. The number of hydrogen-bond acceptors (Lipinski definition) is 2. The van der Waals surface area contributed by atoms with Gasteiger partial charge in [0.25, 0.3) is 0 Å². The molecule has 0 saturated heterocycles. The van der Waals surface area contributed by atoms with E-state index in [1.165, 1.54) is 0 Å². The molecule has 78 valence electrons. The van der Waals surface area contributed by atoms with Gasteiger partial charge in [-0.3, -0.25) is 4.79 Å². The highest BCUT2D eigenvalue weighted by molar-refractivity contribution is 6.33. The number of amides is 1. The fourth-order valence-electron chi connectivity index (χ4n) is 1.08. The molecule has 0 aliphatic carbocycles. The number of nitrogens with one attached hydrogen (secondary N) is 1. The Bertz CT molecular complexity index is 403. The van der Waals surface area contributed by atoms with Crippen molar-refractivity contribution in [1.82, 2.24) is 0 Å². The monoisotopic (exact) mass is 222 g/mol. The van der Waals surface area contributed by atoms with E-state index in [9.17, 15) is 4.79 Å². The molecule has 0 spiro atoms. The Labute approximate surface area is 93.7 Å². The van der Waals surface area contributed by atoms with E-state index in [4.69, 9.17) is 16.9 Å². The molecule has 1 N–H and O–H groups in total. The molecule has 1 amide bonds. The average molecular weight is 223 g/mol. The van der Waals surface area contributed by atoms with Crippen molar-refractivity contribution in [3.8, 4) is 6.07 Å². The maximum atomic E-state index is 11.5. The van der Waals surface area contributed by atoms with Crippen LogP contribution < -0.4 is 5.32 Å². The van der Waals surface area contributed by atoms with Crippen LogP contribution in [0.15, 0.2) is 18.2 Å². The Morgan fingerprint density at radius 3 is 2.80 bits per heavy atom. The first-order valence-corrected chi connectivity index (χ1v) is 4.89. The van der Waals surface area contributed by atoms with Gasteiger partial charge in [0.15, 0.2) is 0 Å². The van der Waals surface area contributed by atoms with Gasteiger partial charge < -0.3 is 5.32 Å². The number of para-hydroxylation sites is 1. The summed E-state index contributed by atoms with van der Waals surface area (Å²) in [5.41, 5.74) is 1.45. The van der Waals surface area contributed by atoms with Crippen LogP contribution in [0, 0.1) is 24.2 Å². The number of carbonyl (C=O) groups is 1. The highest BCUT2D eigenvalue weighted by Gasteiger charge is 2.14. The maximum absolute atomic E-state index is 11.5. The second-order valence-electron chi connectivity index (χ2n) is 3.27. The van der Waals surface area contributed by atoms with Crippen molar-refractivity contribution in [2.75, 3.05) is 5.32 Å². The molecule has 1 aromatic rings. The van der Waals surface area contributed by atoms with Gasteiger partial charge in [-0.15, -0.1) is 0 Å². The molecule has 4 heteroatoms. The van der Waals surface area contributed by atoms with E-state index in [1.807, 2.05) is 19.1 Å². The molecule has 1 rings (SSSR count). The fraction of sp³-hybridized carbons (Fsp3) is 0.273. The normalized spacial score (nSPS) is 11.6. The number of carbonyl (C=O) groups excluding carboxylic acids is 1. The molecule has 0 aliphatic heterocycles. The summed E-state index contributed by atoms with van der Waals surface area (Å²) in [5.74, 6) is -1.02. The minimum atomic E-state index is -0.680. The minimum absolute atomic E-state index is 0.339. The summed E-state index contributed by atoms with van der Waals surface area (Å²) >= 11 is 5.92. The molecule has 0 radical (unpaired) electrons. The largest absolute Gasteiger partial charge is 0.323 e. The van der Waals surface area contributed by atoms with Gasteiger partial charge in [-0.25, -0.2) is 0 Å². The van der Waals surface area contributed by atoms with Crippen molar-refractivity contribution >= 4 is 23.2 Å². The van der Waals surface area contributed by atoms with Crippen molar-refractivity contribution in [3.63, 3.8) is 0 Å². The van der Waals surface area contributed by atoms with E-state index >= 15 is 0 Å². The zero-order chi connectivity index (χ0) is 11.4. The summed E-state index contributed by atoms with van der Waals surface area (Å²) in [6.07, 6.45) is 0. The van der Waals surface area contributed by atoms with Gasteiger partial charge >= 0.3 is 0 Å². The Balaban J connectivity index is 2.91. The molecule has 0 aliphatic rings. The smallest absolute Gasteiger partial charge is 0.241 e. The predicted octanol–water partition coefficient (Wildman–Crippen LogP) is 2.75. The first-order chi connectivity index (χ1) is 7.06. The quantitative estimate of drug-likeness (QED) is 0.837. The highest BCUT2D eigenvalue weighted by atomic mass is 35.5. The lowest BCUT2D eigenvalue weighted by Crippen LogP contribution is -2.19. The first kappa shape index (κ1) is 11.5. The van der Waals surface area contributed by atoms with E-state index in [0.29, 0.717) is 10.7 Å². The van der Waals surface area contributed by atoms with Crippen molar-refractivity contribution in [2.45, 2.75) is 13.8 Å². The molecule has 3 nitrogen and oxygen atoms in total. The number of nitriles is 1. The molecule has 0 heterocycles. The molecule has 0 bridgehead atoms. The number of hydrogen-bond donors (Lipinski definition) is 1. The van der Waals surface area contributed by atoms with E-state index in [2.05, 4.69) is 5.32 Å². The van der Waals surface area contributed by atoms with Crippen molar-refractivity contribution in [2.24, 2.45) is 5.92 Å². The van der Waals surface area contributed by atoms with Crippen LogP contribution in [0.1, 0.15) is 12.5 Å². The molecule has 0 aromatic heterocycles. The summed E-state index contributed by atoms with van der Waals surface area (Å²) in [4.78, 5) is 11.5. The summed E-state index contributed by atoms with van der Waals surface area (Å²) in [5, 5.41) is 11.7. The van der Waals surface area contributed by atoms with Crippen LogP contribution in [0.25, 0.3) is 0 Å². The van der Waals surface area contributed by atoms with E-state index in [-0.39, 0.29) is 5.91 Å². The van der Waals surface area contributed by atoms with Gasteiger partial charge in [0, 0.05) is 0 Å². The average Bonchev–Trinajstić information content (AvgIpc) is 2.22. The predicted molar refractivity (Wildman–Crippen MR) is 59.6 cm³/mol. The number of rotatable bonds is 2. The fourth-order valence-corrected chi connectivity index (χ4v) is 1.35. The molecule has 0 saturated carbocycles.